The lowest BCUT2D eigenvalue weighted by molar-refractivity contribution is 0.0913. The van der Waals surface area contributed by atoms with Gasteiger partial charge in [0.15, 0.2) is 0 Å². The van der Waals surface area contributed by atoms with Crippen molar-refractivity contribution in [2.45, 2.75) is 26.4 Å². The van der Waals surface area contributed by atoms with E-state index >= 15 is 0 Å². The minimum Gasteiger partial charge on any atom is -0.346 e. The monoisotopic (exact) mass is 369 g/mol. The maximum Gasteiger partial charge on any atom is 0.271 e. The molecule has 3 aromatic rings. The summed E-state index contributed by atoms with van der Waals surface area (Å²) in [5.74, 6) is -0.214. The van der Waals surface area contributed by atoms with Crippen LogP contribution in [0.4, 0.5) is 0 Å². The molecule has 1 amide bonds. The van der Waals surface area contributed by atoms with Crippen molar-refractivity contribution in [2.24, 2.45) is 5.92 Å². The van der Waals surface area contributed by atoms with Gasteiger partial charge in [-0.05, 0) is 23.4 Å². The number of nitrogens with one attached hydrogen (secondary N) is 1. The molecular weight excluding hydrogens is 350 g/mol. The van der Waals surface area contributed by atoms with Crippen LogP contribution in [0.1, 0.15) is 24.3 Å². The van der Waals surface area contributed by atoms with Gasteiger partial charge >= 0.3 is 0 Å². The van der Waals surface area contributed by atoms with Gasteiger partial charge in [0, 0.05) is 18.5 Å². The van der Waals surface area contributed by atoms with Crippen molar-refractivity contribution in [1.29, 1.82) is 0 Å². The third-order valence-electron chi connectivity index (χ3n) is 3.93. The van der Waals surface area contributed by atoms with E-state index in [9.17, 15) is 9.59 Å². The first-order chi connectivity index (χ1) is 12.5. The van der Waals surface area contributed by atoms with E-state index in [1.165, 1.54) is 29.3 Å². The molecule has 0 radical (unpaired) electrons. The molecule has 0 spiro atoms. The molecular formula is C18H19N5O2S. The van der Waals surface area contributed by atoms with Crippen molar-refractivity contribution in [2.75, 3.05) is 0 Å². The van der Waals surface area contributed by atoms with Gasteiger partial charge in [0.1, 0.15) is 11.4 Å². The van der Waals surface area contributed by atoms with E-state index < -0.39 is 0 Å². The topological polar surface area (TPSA) is 89.8 Å². The Balaban J connectivity index is 1.81. The quantitative estimate of drug-likeness (QED) is 0.719. The average molecular weight is 369 g/mol. The molecule has 1 N–H and O–H groups in total. The summed E-state index contributed by atoms with van der Waals surface area (Å²) in [7, 11) is 0. The zero-order valence-electron chi connectivity index (χ0n) is 14.5. The second kappa shape index (κ2) is 8.01. The van der Waals surface area contributed by atoms with Crippen molar-refractivity contribution in [1.82, 2.24) is 25.1 Å². The second-order valence-electron chi connectivity index (χ2n) is 6.13. The van der Waals surface area contributed by atoms with Gasteiger partial charge in [-0.3, -0.25) is 14.6 Å². The number of amides is 1. The van der Waals surface area contributed by atoms with Crippen LogP contribution < -0.4 is 10.9 Å². The van der Waals surface area contributed by atoms with Crippen LogP contribution >= 0.6 is 11.3 Å². The highest BCUT2D eigenvalue weighted by Gasteiger charge is 2.20. The Morgan fingerprint density at radius 2 is 2.12 bits per heavy atom. The van der Waals surface area contributed by atoms with E-state index in [1.807, 2.05) is 31.4 Å². The van der Waals surface area contributed by atoms with Crippen molar-refractivity contribution in [3.05, 3.63) is 64.3 Å². The lowest BCUT2D eigenvalue weighted by Crippen LogP contribution is -2.44. The lowest BCUT2D eigenvalue weighted by Gasteiger charge is -2.22. The summed E-state index contributed by atoms with van der Waals surface area (Å²) in [6.07, 6.45) is 4.39. The van der Waals surface area contributed by atoms with Crippen LogP contribution in [-0.2, 0) is 6.54 Å². The number of hydrogen-bond donors (Lipinski definition) is 1. The molecule has 0 aliphatic carbocycles. The highest BCUT2D eigenvalue weighted by molar-refractivity contribution is 7.13. The van der Waals surface area contributed by atoms with Gasteiger partial charge in [-0.1, -0.05) is 19.9 Å². The molecule has 134 valence electrons. The first-order valence-electron chi connectivity index (χ1n) is 8.23. The zero-order valence-corrected chi connectivity index (χ0v) is 15.3. The third kappa shape index (κ3) is 4.20. The van der Waals surface area contributed by atoms with E-state index in [-0.39, 0.29) is 35.7 Å². The van der Waals surface area contributed by atoms with Gasteiger partial charge in [-0.2, -0.15) is 5.10 Å². The van der Waals surface area contributed by atoms with E-state index in [1.54, 1.807) is 17.4 Å². The number of rotatable bonds is 6. The number of hydrogen-bond acceptors (Lipinski definition) is 6. The number of nitrogens with zero attached hydrogens (tertiary/aromatic N) is 4. The van der Waals surface area contributed by atoms with Crippen LogP contribution in [-0.4, -0.2) is 31.7 Å². The van der Waals surface area contributed by atoms with E-state index in [2.05, 4.69) is 20.4 Å². The van der Waals surface area contributed by atoms with Gasteiger partial charge in [0.05, 0.1) is 23.7 Å². The number of carbonyl (C=O) groups excluding carboxylic acids is 1. The fourth-order valence-corrected chi connectivity index (χ4v) is 3.09. The molecule has 3 rings (SSSR count). The molecule has 3 heterocycles. The predicted molar refractivity (Wildman–Crippen MR) is 99.9 cm³/mol. The van der Waals surface area contributed by atoms with E-state index in [4.69, 9.17) is 0 Å². The van der Waals surface area contributed by atoms with Crippen LogP contribution in [0.25, 0.3) is 10.6 Å². The first kappa shape index (κ1) is 17.9. The van der Waals surface area contributed by atoms with E-state index in [0.717, 1.165) is 10.6 Å². The maximum absolute atomic E-state index is 12.4. The number of thiophene rings is 1. The molecule has 0 saturated carbocycles. The highest BCUT2D eigenvalue weighted by atomic mass is 32.1. The summed E-state index contributed by atoms with van der Waals surface area (Å²) < 4.78 is 1.40. The SMILES string of the molecule is CC(C)[C@H](Cn1nc(-c2cccs2)ccc1=O)NC(=O)c1cnccn1. The summed E-state index contributed by atoms with van der Waals surface area (Å²) in [5.41, 5.74) is 0.776. The summed E-state index contributed by atoms with van der Waals surface area (Å²) >= 11 is 1.56. The molecule has 1 atom stereocenters. The largest absolute Gasteiger partial charge is 0.346 e. The molecule has 0 aromatic carbocycles. The van der Waals surface area contributed by atoms with Gasteiger partial charge in [-0.25, -0.2) is 9.67 Å². The average Bonchev–Trinajstić information content (AvgIpc) is 3.18. The molecule has 0 saturated heterocycles. The highest BCUT2D eigenvalue weighted by Crippen LogP contribution is 2.21. The molecule has 3 aromatic heterocycles. The molecule has 0 fully saturated rings. The molecule has 7 nitrogen and oxygen atoms in total. The van der Waals surface area contributed by atoms with Crippen LogP contribution in [0.5, 0.6) is 0 Å². The van der Waals surface area contributed by atoms with Crippen LogP contribution in [0, 0.1) is 5.92 Å². The standard InChI is InChI=1S/C18H19N5O2S/c1-12(2)15(21-18(25)14-10-19-7-8-20-14)11-23-17(24)6-5-13(22-23)16-4-3-9-26-16/h3-10,12,15H,11H2,1-2H3,(H,21,25)/t15-/m0/s1. The van der Waals surface area contributed by atoms with Crippen molar-refractivity contribution >= 4 is 17.2 Å². The van der Waals surface area contributed by atoms with Gasteiger partial charge in [0.2, 0.25) is 0 Å². The molecule has 0 bridgehead atoms. The van der Waals surface area contributed by atoms with Gasteiger partial charge in [0.25, 0.3) is 11.5 Å². The van der Waals surface area contributed by atoms with E-state index in [0.29, 0.717) is 0 Å². The smallest absolute Gasteiger partial charge is 0.271 e. The Kier molecular flexibility index (Phi) is 5.52. The second-order valence-corrected chi connectivity index (χ2v) is 7.08. The number of carbonyl (C=O) groups is 1. The number of aromatic nitrogens is 4. The van der Waals surface area contributed by atoms with Crippen molar-refractivity contribution in [3.8, 4) is 10.6 Å². The molecule has 0 unspecified atom stereocenters. The Labute approximate surface area is 154 Å². The van der Waals surface area contributed by atoms with Crippen LogP contribution in [0.15, 0.2) is 53.0 Å². The minimum atomic E-state index is -0.320. The predicted octanol–water partition coefficient (Wildman–Crippen LogP) is 2.22. The summed E-state index contributed by atoms with van der Waals surface area (Å²) in [6.45, 7) is 4.24. The minimum absolute atomic E-state index is 0.106. The molecule has 26 heavy (non-hydrogen) atoms. The summed E-state index contributed by atoms with van der Waals surface area (Å²) in [4.78, 5) is 33.5. The fraction of sp³-hybridized carbons (Fsp3) is 0.278. The first-order valence-corrected chi connectivity index (χ1v) is 9.11. The molecule has 0 aliphatic heterocycles. The summed E-state index contributed by atoms with van der Waals surface area (Å²) in [5, 5.41) is 9.34. The normalized spacial score (nSPS) is 12.1. The maximum atomic E-state index is 12.4. The van der Waals surface area contributed by atoms with Crippen molar-refractivity contribution in [3.63, 3.8) is 0 Å². The van der Waals surface area contributed by atoms with Crippen LogP contribution in [0.2, 0.25) is 0 Å². The van der Waals surface area contributed by atoms with Crippen molar-refractivity contribution < 1.29 is 4.79 Å². The third-order valence-corrected chi connectivity index (χ3v) is 4.82. The van der Waals surface area contributed by atoms with Gasteiger partial charge in [-0.15, -0.1) is 11.3 Å². The Hall–Kier alpha value is -2.87. The van der Waals surface area contributed by atoms with Gasteiger partial charge < -0.3 is 5.32 Å². The molecule has 8 heteroatoms. The summed E-state index contributed by atoms with van der Waals surface area (Å²) in [6, 6.07) is 6.84. The Morgan fingerprint density at radius 1 is 1.27 bits per heavy atom. The van der Waals surface area contributed by atoms with Crippen LogP contribution in [0.3, 0.4) is 0 Å². The zero-order chi connectivity index (χ0) is 18.5. The molecule has 0 aliphatic rings. The fourth-order valence-electron chi connectivity index (χ4n) is 2.40. The Morgan fingerprint density at radius 3 is 2.77 bits per heavy atom. The lowest BCUT2D eigenvalue weighted by atomic mass is 10.0. The Bertz CT molecular complexity index is 922.